The van der Waals surface area contributed by atoms with Crippen LogP contribution in [-0.4, -0.2) is 30.4 Å². The number of rotatable bonds is 9. The molecule has 0 radical (unpaired) electrons. The molecule has 98 valence electrons. The molecule has 4 heteroatoms. The summed E-state index contributed by atoms with van der Waals surface area (Å²) in [7, 11) is 0. The van der Waals surface area contributed by atoms with Crippen molar-refractivity contribution in [2.24, 2.45) is 0 Å². The van der Waals surface area contributed by atoms with Crippen molar-refractivity contribution in [1.29, 1.82) is 0 Å². The van der Waals surface area contributed by atoms with Gasteiger partial charge in [0.1, 0.15) is 12.4 Å². The molecular weight excluding hydrogens is 218 g/mol. The van der Waals surface area contributed by atoms with E-state index in [1.807, 2.05) is 12.1 Å². The number of hydrogen-bond acceptors (Lipinski definition) is 4. The van der Waals surface area contributed by atoms with Crippen molar-refractivity contribution in [1.82, 2.24) is 5.32 Å². The average Bonchev–Trinajstić information content (AvgIpc) is 2.83. The SMILES string of the molecule is CCC(CC)NCC(O)COCc1ccco1. The van der Waals surface area contributed by atoms with Crippen molar-refractivity contribution in [3.05, 3.63) is 24.2 Å². The summed E-state index contributed by atoms with van der Waals surface area (Å²) in [6.45, 7) is 5.59. The summed E-state index contributed by atoms with van der Waals surface area (Å²) in [5.41, 5.74) is 0. The monoisotopic (exact) mass is 241 g/mol. The van der Waals surface area contributed by atoms with Crippen LogP contribution in [0.3, 0.4) is 0 Å². The molecule has 17 heavy (non-hydrogen) atoms. The van der Waals surface area contributed by atoms with Crippen LogP contribution in [0.1, 0.15) is 32.4 Å². The number of hydrogen-bond donors (Lipinski definition) is 2. The second-order valence-corrected chi connectivity index (χ2v) is 4.17. The van der Waals surface area contributed by atoms with E-state index in [1.54, 1.807) is 6.26 Å². The summed E-state index contributed by atoms with van der Waals surface area (Å²) in [6.07, 6.45) is 3.31. The van der Waals surface area contributed by atoms with E-state index in [0.29, 0.717) is 25.8 Å². The minimum absolute atomic E-state index is 0.327. The first kappa shape index (κ1) is 14.2. The molecule has 0 saturated carbocycles. The first-order chi connectivity index (χ1) is 8.26. The Hall–Kier alpha value is -0.840. The summed E-state index contributed by atoms with van der Waals surface area (Å²) >= 11 is 0. The third-order valence-electron chi connectivity index (χ3n) is 2.76. The van der Waals surface area contributed by atoms with Gasteiger partial charge in [-0.05, 0) is 25.0 Å². The van der Waals surface area contributed by atoms with Gasteiger partial charge in [-0.1, -0.05) is 13.8 Å². The van der Waals surface area contributed by atoms with Crippen molar-refractivity contribution in [3.63, 3.8) is 0 Å². The van der Waals surface area contributed by atoms with E-state index >= 15 is 0 Å². The first-order valence-corrected chi connectivity index (χ1v) is 6.27. The van der Waals surface area contributed by atoms with E-state index in [0.717, 1.165) is 18.6 Å². The third-order valence-corrected chi connectivity index (χ3v) is 2.76. The molecule has 0 aliphatic rings. The van der Waals surface area contributed by atoms with Crippen LogP contribution in [0.2, 0.25) is 0 Å². The van der Waals surface area contributed by atoms with Crippen LogP contribution in [0, 0.1) is 0 Å². The predicted molar refractivity (Wildman–Crippen MR) is 66.7 cm³/mol. The summed E-state index contributed by atoms with van der Waals surface area (Å²) in [5.74, 6) is 0.783. The van der Waals surface area contributed by atoms with Crippen molar-refractivity contribution < 1.29 is 14.3 Å². The zero-order valence-corrected chi connectivity index (χ0v) is 10.7. The molecule has 4 nitrogen and oxygen atoms in total. The van der Waals surface area contributed by atoms with Crippen LogP contribution in [0.25, 0.3) is 0 Å². The Kier molecular flexibility index (Phi) is 6.93. The number of ether oxygens (including phenoxy) is 1. The van der Waals surface area contributed by atoms with Crippen LogP contribution in [-0.2, 0) is 11.3 Å². The molecule has 2 N–H and O–H groups in total. The molecule has 0 spiro atoms. The number of aliphatic hydroxyl groups is 1. The van der Waals surface area contributed by atoms with Gasteiger partial charge in [-0.15, -0.1) is 0 Å². The average molecular weight is 241 g/mol. The van der Waals surface area contributed by atoms with Gasteiger partial charge in [0.25, 0.3) is 0 Å². The lowest BCUT2D eigenvalue weighted by molar-refractivity contribution is 0.0214. The highest BCUT2D eigenvalue weighted by Crippen LogP contribution is 2.02. The first-order valence-electron chi connectivity index (χ1n) is 6.27. The maximum atomic E-state index is 9.70. The Morgan fingerprint density at radius 1 is 1.41 bits per heavy atom. The second-order valence-electron chi connectivity index (χ2n) is 4.17. The molecular formula is C13H23NO3. The number of aliphatic hydroxyl groups excluding tert-OH is 1. The lowest BCUT2D eigenvalue weighted by Crippen LogP contribution is -2.36. The summed E-state index contributed by atoms with van der Waals surface area (Å²) < 4.78 is 10.5. The topological polar surface area (TPSA) is 54.6 Å². The van der Waals surface area contributed by atoms with Gasteiger partial charge in [0.15, 0.2) is 0 Å². The van der Waals surface area contributed by atoms with E-state index in [2.05, 4.69) is 19.2 Å². The lowest BCUT2D eigenvalue weighted by Gasteiger charge is -2.17. The summed E-state index contributed by atoms with van der Waals surface area (Å²) in [4.78, 5) is 0. The maximum absolute atomic E-state index is 9.70. The van der Waals surface area contributed by atoms with Gasteiger partial charge in [-0.2, -0.15) is 0 Å². The normalized spacial score (nSPS) is 13.2. The van der Waals surface area contributed by atoms with E-state index in [-0.39, 0.29) is 0 Å². The standard InChI is InChI=1S/C13H23NO3/c1-3-11(4-2)14-8-12(15)9-16-10-13-6-5-7-17-13/h5-7,11-12,14-15H,3-4,8-10H2,1-2H3. The van der Waals surface area contributed by atoms with E-state index in [1.165, 1.54) is 0 Å². The molecule has 1 aromatic heterocycles. The molecule has 1 aromatic rings. The van der Waals surface area contributed by atoms with Crippen LogP contribution < -0.4 is 5.32 Å². The van der Waals surface area contributed by atoms with E-state index in [4.69, 9.17) is 9.15 Å². The number of furan rings is 1. The molecule has 1 unspecified atom stereocenters. The molecule has 0 bridgehead atoms. The largest absolute Gasteiger partial charge is 0.467 e. The van der Waals surface area contributed by atoms with Gasteiger partial charge >= 0.3 is 0 Å². The molecule has 0 aromatic carbocycles. The highest BCUT2D eigenvalue weighted by Gasteiger charge is 2.08. The molecule has 1 heterocycles. The molecule has 0 fully saturated rings. The highest BCUT2D eigenvalue weighted by molar-refractivity contribution is 4.96. The summed E-state index contributed by atoms with van der Waals surface area (Å²) in [6, 6.07) is 4.16. The van der Waals surface area contributed by atoms with Gasteiger partial charge in [0.2, 0.25) is 0 Å². The Morgan fingerprint density at radius 2 is 2.18 bits per heavy atom. The van der Waals surface area contributed by atoms with Crippen LogP contribution >= 0.6 is 0 Å². The fourth-order valence-electron chi connectivity index (χ4n) is 1.63. The van der Waals surface area contributed by atoms with Crippen LogP contribution in [0.5, 0.6) is 0 Å². The maximum Gasteiger partial charge on any atom is 0.129 e. The predicted octanol–water partition coefficient (Wildman–Crippen LogP) is 1.94. The minimum Gasteiger partial charge on any atom is -0.467 e. The fraction of sp³-hybridized carbons (Fsp3) is 0.692. The lowest BCUT2D eigenvalue weighted by atomic mass is 10.1. The Balaban J connectivity index is 2.06. The molecule has 0 amide bonds. The van der Waals surface area contributed by atoms with Gasteiger partial charge in [0, 0.05) is 12.6 Å². The number of nitrogens with one attached hydrogen (secondary N) is 1. The molecule has 0 aliphatic carbocycles. The molecule has 1 atom stereocenters. The second kappa shape index (κ2) is 8.28. The fourth-order valence-corrected chi connectivity index (χ4v) is 1.63. The molecule has 0 aliphatic heterocycles. The smallest absolute Gasteiger partial charge is 0.129 e. The Morgan fingerprint density at radius 3 is 2.76 bits per heavy atom. The molecule has 0 saturated heterocycles. The summed E-state index contributed by atoms with van der Waals surface area (Å²) in [5, 5.41) is 13.0. The van der Waals surface area contributed by atoms with Crippen molar-refractivity contribution >= 4 is 0 Å². The highest BCUT2D eigenvalue weighted by atomic mass is 16.5. The van der Waals surface area contributed by atoms with Crippen molar-refractivity contribution in [3.8, 4) is 0 Å². The van der Waals surface area contributed by atoms with Crippen molar-refractivity contribution in [2.75, 3.05) is 13.2 Å². The van der Waals surface area contributed by atoms with E-state index in [9.17, 15) is 5.11 Å². The van der Waals surface area contributed by atoms with Crippen molar-refractivity contribution in [2.45, 2.75) is 45.4 Å². The van der Waals surface area contributed by atoms with Gasteiger partial charge in [0.05, 0.1) is 19.0 Å². The van der Waals surface area contributed by atoms with Gasteiger partial charge in [-0.25, -0.2) is 0 Å². The van der Waals surface area contributed by atoms with Crippen LogP contribution in [0.15, 0.2) is 22.8 Å². The molecule has 1 rings (SSSR count). The Labute approximate surface area is 103 Å². The quantitative estimate of drug-likeness (QED) is 0.693. The van der Waals surface area contributed by atoms with Gasteiger partial charge in [-0.3, -0.25) is 0 Å². The zero-order chi connectivity index (χ0) is 12.5. The minimum atomic E-state index is -0.467. The van der Waals surface area contributed by atoms with E-state index < -0.39 is 6.10 Å². The third kappa shape index (κ3) is 5.86. The van der Waals surface area contributed by atoms with Crippen LogP contribution in [0.4, 0.5) is 0 Å². The Bertz CT molecular complexity index is 270. The zero-order valence-electron chi connectivity index (χ0n) is 10.7. The van der Waals surface area contributed by atoms with Gasteiger partial charge < -0.3 is 19.6 Å².